The normalized spacial score (nSPS) is 24.1. The molecule has 1 aliphatic carbocycles. The van der Waals surface area contributed by atoms with Crippen molar-refractivity contribution < 1.29 is 19.8 Å². The Morgan fingerprint density at radius 2 is 1.89 bits per heavy atom. The minimum absolute atomic E-state index is 0.0479. The molecule has 0 spiro atoms. The van der Waals surface area contributed by atoms with Crippen LogP contribution < -0.4 is 10.6 Å². The smallest absolute Gasteiger partial charge is 0.315 e. The van der Waals surface area contributed by atoms with Gasteiger partial charge < -0.3 is 20.8 Å². The molecule has 1 fully saturated rings. The number of hydrogen-bond donors (Lipinski definition) is 4. The number of aliphatic hydroxyl groups excluding tert-OH is 1. The van der Waals surface area contributed by atoms with E-state index in [9.17, 15) is 14.7 Å². The van der Waals surface area contributed by atoms with E-state index in [2.05, 4.69) is 10.6 Å². The maximum atomic E-state index is 11.5. The number of carboxylic acid groups (broad SMARTS) is 1. The number of carbonyl (C=O) groups is 2. The second-order valence-electron chi connectivity index (χ2n) is 4.71. The van der Waals surface area contributed by atoms with Crippen molar-refractivity contribution in [3.8, 4) is 0 Å². The monoisotopic (exact) mass is 258 g/mol. The third kappa shape index (κ3) is 5.86. The summed E-state index contributed by atoms with van der Waals surface area (Å²) in [6, 6.07) is -0.515. The first-order valence-corrected chi connectivity index (χ1v) is 6.54. The van der Waals surface area contributed by atoms with Crippen molar-refractivity contribution in [2.45, 2.75) is 57.1 Å². The predicted molar refractivity (Wildman–Crippen MR) is 66.3 cm³/mol. The highest BCUT2D eigenvalue weighted by Gasteiger charge is 2.22. The van der Waals surface area contributed by atoms with Crippen LogP contribution in [0.25, 0.3) is 0 Å². The van der Waals surface area contributed by atoms with E-state index in [-0.39, 0.29) is 18.5 Å². The zero-order valence-electron chi connectivity index (χ0n) is 10.5. The van der Waals surface area contributed by atoms with Crippen molar-refractivity contribution >= 4 is 12.0 Å². The van der Waals surface area contributed by atoms with Gasteiger partial charge in [-0.25, -0.2) is 4.79 Å². The van der Waals surface area contributed by atoms with Gasteiger partial charge in [0.1, 0.15) is 0 Å². The lowest BCUT2D eigenvalue weighted by molar-refractivity contribution is -0.137. The molecule has 0 heterocycles. The number of hydrogen-bond acceptors (Lipinski definition) is 3. The van der Waals surface area contributed by atoms with Crippen LogP contribution in [0, 0.1) is 0 Å². The van der Waals surface area contributed by atoms with Crippen LogP contribution in [0.5, 0.6) is 0 Å². The number of carboxylic acids is 1. The van der Waals surface area contributed by atoms with Gasteiger partial charge >= 0.3 is 12.0 Å². The van der Waals surface area contributed by atoms with Crippen molar-refractivity contribution in [2.24, 2.45) is 0 Å². The summed E-state index contributed by atoms with van der Waals surface area (Å²) in [4.78, 5) is 21.8. The summed E-state index contributed by atoms with van der Waals surface area (Å²) >= 11 is 0. The van der Waals surface area contributed by atoms with Gasteiger partial charge in [-0.15, -0.1) is 0 Å². The van der Waals surface area contributed by atoms with Crippen LogP contribution in [0.4, 0.5) is 4.79 Å². The molecule has 0 aromatic carbocycles. The van der Waals surface area contributed by atoms with E-state index >= 15 is 0 Å². The highest BCUT2D eigenvalue weighted by molar-refractivity contribution is 5.74. The quantitative estimate of drug-likeness (QED) is 0.434. The van der Waals surface area contributed by atoms with Gasteiger partial charge in [0.15, 0.2) is 0 Å². The van der Waals surface area contributed by atoms with Gasteiger partial charge in [0.2, 0.25) is 0 Å². The van der Waals surface area contributed by atoms with E-state index in [0.717, 1.165) is 32.1 Å². The SMILES string of the molecule is O=C(O)CCCNC(=O)N[C@@H]1CCCCC[C@H]1O. The van der Waals surface area contributed by atoms with E-state index < -0.39 is 12.1 Å². The third-order valence-electron chi connectivity index (χ3n) is 3.15. The van der Waals surface area contributed by atoms with E-state index in [0.29, 0.717) is 13.0 Å². The summed E-state index contributed by atoms with van der Waals surface area (Å²) < 4.78 is 0. The Labute approximate surface area is 107 Å². The molecule has 0 aromatic heterocycles. The van der Waals surface area contributed by atoms with Gasteiger partial charge in [0.05, 0.1) is 12.1 Å². The summed E-state index contributed by atoms with van der Waals surface area (Å²) in [5, 5.41) is 23.6. The van der Waals surface area contributed by atoms with Crippen LogP contribution in [0.2, 0.25) is 0 Å². The molecule has 0 bridgehead atoms. The minimum Gasteiger partial charge on any atom is -0.481 e. The van der Waals surface area contributed by atoms with Gasteiger partial charge in [-0.2, -0.15) is 0 Å². The fourth-order valence-electron chi connectivity index (χ4n) is 2.12. The van der Waals surface area contributed by atoms with Gasteiger partial charge in [0.25, 0.3) is 0 Å². The Morgan fingerprint density at radius 1 is 1.17 bits per heavy atom. The lowest BCUT2D eigenvalue weighted by Gasteiger charge is -2.21. The Bertz CT molecular complexity index is 283. The van der Waals surface area contributed by atoms with Crippen molar-refractivity contribution in [1.29, 1.82) is 0 Å². The summed E-state index contributed by atoms with van der Waals surface area (Å²) in [6.45, 7) is 0.334. The molecule has 6 nitrogen and oxygen atoms in total. The average Bonchev–Trinajstić information content (AvgIpc) is 2.50. The number of rotatable bonds is 5. The topological polar surface area (TPSA) is 98.7 Å². The molecule has 1 rings (SSSR count). The standard InChI is InChI=1S/C12H22N2O4/c15-10-6-3-1-2-5-9(10)14-12(18)13-8-4-7-11(16)17/h9-10,15H,1-8H2,(H,16,17)(H2,13,14,18)/t9-,10-/m1/s1. The summed E-state index contributed by atoms with van der Waals surface area (Å²) in [5.74, 6) is -0.864. The number of nitrogens with one attached hydrogen (secondary N) is 2. The molecule has 0 aliphatic heterocycles. The van der Waals surface area contributed by atoms with Gasteiger partial charge in [-0.05, 0) is 19.3 Å². The Hall–Kier alpha value is -1.30. The first kappa shape index (κ1) is 14.8. The van der Waals surface area contributed by atoms with Crippen LogP contribution in [-0.2, 0) is 4.79 Å². The number of carbonyl (C=O) groups excluding carboxylic acids is 1. The molecule has 104 valence electrons. The number of urea groups is 1. The second-order valence-corrected chi connectivity index (χ2v) is 4.71. The van der Waals surface area contributed by atoms with Crippen LogP contribution in [-0.4, -0.2) is 40.9 Å². The minimum atomic E-state index is -0.864. The number of amides is 2. The lowest BCUT2D eigenvalue weighted by Crippen LogP contribution is -2.47. The van der Waals surface area contributed by atoms with Crippen LogP contribution >= 0.6 is 0 Å². The molecule has 0 aromatic rings. The predicted octanol–water partition coefficient (Wildman–Crippen LogP) is 0.844. The van der Waals surface area contributed by atoms with Crippen molar-refractivity contribution in [1.82, 2.24) is 10.6 Å². The van der Waals surface area contributed by atoms with Gasteiger partial charge in [-0.1, -0.05) is 19.3 Å². The second kappa shape index (κ2) is 7.92. The molecule has 6 heteroatoms. The van der Waals surface area contributed by atoms with Gasteiger partial charge in [0, 0.05) is 13.0 Å². The van der Waals surface area contributed by atoms with E-state index in [1.165, 1.54) is 0 Å². The zero-order chi connectivity index (χ0) is 13.4. The molecule has 0 radical (unpaired) electrons. The van der Waals surface area contributed by atoms with E-state index in [1.807, 2.05) is 0 Å². The maximum Gasteiger partial charge on any atom is 0.315 e. The molecular formula is C12H22N2O4. The van der Waals surface area contributed by atoms with Crippen LogP contribution in [0.15, 0.2) is 0 Å². The maximum absolute atomic E-state index is 11.5. The fraction of sp³-hybridized carbons (Fsp3) is 0.833. The molecular weight excluding hydrogens is 236 g/mol. The Kier molecular flexibility index (Phi) is 6.49. The third-order valence-corrected chi connectivity index (χ3v) is 3.15. The summed E-state index contributed by atoms with van der Waals surface area (Å²) in [7, 11) is 0. The highest BCUT2D eigenvalue weighted by atomic mass is 16.4. The average molecular weight is 258 g/mol. The molecule has 1 aliphatic rings. The first-order valence-electron chi connectivity index (χ1n) is 6.54. The molecule has 4 N–H and O–H groups in total. The van der Waals surface area contributed by atoms with Crippen molar-refractivity contribution in [3.63, 3.8) is 0 Å². The van der Waals surface area contributed by atoms with E-state index in [4.69, 9.17) is 5.11 Å². The first-order chi connectivity index (χ1) is 8.59. The van der Waals surface area contributed by atoms with E-state index in [1.54, 1.807) is 0 Å². The Balaban J connectivity index is 2.19. The fourth-order valence-corrected chi connectivity index (χ4v) is 2.12. The molecule has 1 saturated carbocycles. The van der Waals surface area contributed by atoms with Gasteiger partial charge in [-0.3, -0.25) is 4.79 Å². The molecule has 0 unspecified atom stereocenters. The zero-order valence-corrected chi connectivity index (χ0v) is 10.5. The highest BCUT2D eigenvalue weighted by Crippen LogP contribution is 2.17. The van der Waals surface area contributed by atoms with Crippen molar-refractivity contribution in [2.75, 3.05) is 6.54 Å². The number of aliphatic hydroxyl groups is 1. The molecule has 18 heavy (non-hydrogen) atoms. The van der Waals surface area contributed by atoms with Crippen LogP contribution in [0.3, 0.4) is 0 Å². The Morgan fingerprint density at radius 3 is 2.61 bits per heavy atom. The largest absolute Gasteiger partial charge is 0.481 e. The summed E-state index contributed by atoms with van der Waals surface area (Å²) in [6.07, 6.45) is 4.61. The van der Waals surface area contributed by atoms with Crippen molar-refractivity contribution in [3.05, 3.63) is 0 Å². The summed E-state index contributed by atoms with van der Waals surface area (Å²) in [5.41, 5.74) is 0. The number of aliphatic carboxylic acids is 1. The molecule has 2 amide bonds. The lowest BCUT2D eigenvalue weighted by atomic mass is 10.1. The molecule has 0 saturated heterocycles. The van der Waals surface area contributed by atoms with Crippen LogP contribution in [0.1, 0.15) is 44.9 Å². The molecule has 2 atom stereocenters.